The van der Waals surface area contributed by atoms with Crippen LogP contribution in [0.3, 0.4) is 0 Å². The fourth-order valence-electron chi connectivity index (χ4n) is 3.43. The zero-order valence-corrected chi connectivity index (χ0v) is 16.8. The molecule has 3 rings (SSSR count). The lowest BCUT2D eigenvalue weighted by Gasteiger charge is -2.35. The Balaban J connectivity index is 1.44. The van der Waals surface area contributed by atoms with Gasteiger partial charge in [0, 0.05) is 36.3 Å². The van der Waals surface area contributed by atoms with Crippen molar-refractivity contribution in [3.05, 3.63) is 70.7 Å². The zero-order valence-electron chi connectivity index (χ0n) is 16.0. The normalized spacial score (nSPS) is 16.4. The van der Waals surface area contributed by atoms with E-state index in [4.69, 9.17) is 11.6 Å². The molecule has 1 fully saturated rings. The van der Waals surface area contributed by atoms with Gasteiger partial charge >= 0.3 is 0 Å². The van der Waals surface area contributed by atoms with Crippen molar-refractivity contribution in [1.29, 1.82) is 0 Å². The second kappa shape index (κ2) is 9.71. The van der Waals surface area contributed by atoms with Gasteiger partial charge in [0.05, 0.1) is 6.04 Å². The summed E-state index contributed by atoms with van der Waals surface area (Å²) in [5, 5.41) is 6.72. The SMILES string of the molecule is CC(C(=O)NCc1ccccc1Cl)N1CCC(NC(=O)c2ccccc2)CC1. The predicted molar refractivity (Wildman–Crippen MR) is 111 cm³/mol. The number of nitrogens with one attached hydrogen (secondary N) is 2. The molecule has 0 bridgehead atoms. The van der Waals surface area contributed by atoms with Crippen molar-refractivity contribution in [3.8, 4) is 0 Å². The Kier molecular flexibility index (Phi) is 7.06. The van der Waals surface area contributed by atoms with Crippen LogP contribution in [0.1, 0.15) is 35.7 Å². The Hall–Kier alpha value is -2.37. The van der Waals surface area contributed by atoms with E-state index < -0.39 is 0 Å². The summed E-state index contributed by atoms with van der Waals surface area (Å²) in [7, 11) is 0. The van der Waals surface area contributed by atoms with Crippen LogP contribution in [0.2, 0.25) is 5.02 Å². The van der Waals surface area contributed by atoms with E-state index in [9.17, 15) is 9.59 Å². The minimum Gasteiger partial charge on any atom is -0.351 e. The van der Waals surface area contributed by atoms with E-state index in [-0.39, 0.29) is 23.9 Å². The third-order valence-corrected chi connectivity index (χ3v) is 5.61. The third-order valence-electron chi connectivity index (χ3n) is 5.24. The minimum atomic E-state index is -0.215. The van der Waals surface area contributed by atoms with E-state index in [1.165, 1.54) is 0 Å². The smallest absolute Gasteiger partial charge is 0.251 e. The van der Waals surface area contributed by atoms with Crippen molar-refractivity contribution in [2.24, 2.45) is 0 Å². The molecule has 2 aromatic carbocycles. The molecule has 1 unspecified atom stereocenters. The van der Waals surface area contributed by atoms with E-state index in [2.05, 4.69) is 15.5 Å². The first-order valence-corrected chi connectivity index (χ1v) is 10.0. The highest BCUT2D eigenvalue weighted by atomic mass is 35.5. The average molecular weight is 400 g/mol. The van der Waals surface area contributed by atoms with Crippen molar-refractivity contribution < 1.29 is 9.59 Å². The van der Waals surface area contributed by atoms with Crippen LogP contribution in [-0.2, 0) is 11.3 Å². The summed E-state index contributed by atoms with van der Waals surface area (Å²) in [5.41, 5.74) is 1.59. The Labute approximate surface area is 171 Å². The summed E-state index contributed by atoms with van der Waals surface area (Å²) in [6.07, 6.45) is 1.67. The van der Waals surface area contributed by atoms with Crippen LogP contribution in [0.15, 0.2) is 54.6 Å². The van der Waals surface area contributed by atoms with Gasteiger partial charge in [-0.3, -0.25) is 14.5 Å². The number of piperidine rings is 1. The van der Waals surface area contributed by atoms with Crippen molar-refractivity contribution in [1.82, 2.24) is 15.5 Å². The molecule has 0 aliphatic carbocycles. The van der Waals surface area contributed by atoms with Gasteiger partial charge in [0.15, 0.2) is 0 Å². The lowest BCUT2D eigenvalue weighted by atomic mass is 10.0. The van der Waals surface area contributed by atoms with Crippen LogP contribution in [0, 0.1) is 0 Å². The Morgan fingerprint density at radius 1 is 1.07 bits per heavy atom. The van der Waals surface area contributed by atoms with Crippen LogP contribution in [0.25, 0.3) is 0 Å². The fourth-order valence-corrected chi connectivity index (χ4v) is 3.63. The van der Waals surface area contributed by atoms with Gasteiger partial charge in [-0.1, -0.05) is 48.0 Å². The molecule has 6 heteroatoms. The molecular weight excluding hydrogens is 374 g/mol. The second-order valence-corrected chi connectivity index (χ2v) is 7.54. The first-order valence-electron chi connectivity index (χ1n) is 9.65. The molecule has 2 amide bonds. The first-order chi connectivity index (χ1) is 13.5. The fraction of sp³-hybridized carbons (Fsp3) is 0.364. The summed E-state index contributed by atoms with van der Waals surface area (Å²) in [4.78, 5) is 26.9. The number of rotatable bonds is 6. The van der Waals surface area contributed by atoms with Crippen LogP contribution in [0.4, 0.5) is 0 Å². The molecule has 1 aliphatic heterocycles. The van der Waals surface area contributed by atoms with E-state index in [0.717, 1.165) is 31.5 Å². The average Bonchev–Trinajstić information content (AvgIpc) is 2.73. The molecule has 1 heterocycles. The molecule has 0 spiro atoms. The monoisotopic (exact) mass is 399 g/mol. The quantitative estimate of drug-likeness (QED) is 0.783. The molecule has 5 nitrogen and oxygen atoms in total. The number of carbonyl (C=O) groups is 2. The van der Waals surface area contributed by atoms with Crippen LogP contribution in [-0.4, -0.2) is 41.9 Å². The lowest BCUT2D eigenvalue weighted by Crippen LogP contribution is -2.51. The van der Waals surface area contributed by atoms with Crippen molar-refractivity contribution >= 4 is 23.4 Å². The molecule has 0 saturated carbocycles. The molecule has 28 heavy (non-hydrogen) atoms. The predicted octanol–water partition coefficient (Wildman–Crippen LogP) is 3.24. The largest absolute Gasteiger partial charge is 0.351 e. The molecular formula is C22H26ClN3O2. The summed E-state index contributed by atoms with van der Waals surface area (Å²) in [6.45, 7) is 3.90. The van der Waals surface area contributed by atoms with Gasteiger partial charge in [0.2, 0.25) is 5.91 Å². The van der Waals surface area contributed by atoms with E-state index >= 15 is 0 Å². The summed E-state index contributed by atoms with van der Waals surface area (Å²) in [5.74, 6) is -0.0451. The van der Waals surface area contributed by atoms with Crippen molar-refractivity contribution in [2.75, 3.05) is 13.1 Å². The standard InChI is InChI=1S/C22H26ClN3O2/c1-16(21(27)24-15-18-9-5-6-10-20(18)23)26-13-11-19(12-14-26)25-22(28)17-7-3-2-4-8-17/h2-10,16,19H,11-15H2,1H3,(H,24,27)(H,25,28). The molecule has 0 aromatic heterocycles. The number of carbonyl (C=O) groups excluding carboxylic acids is 2. The highest BCUT2D eigenvalue weighted by Crippen LogP contribution is 2.16. The van der Waals surface area contributed by atoms with Gasteiger partial charge < -0.3 is 10.6 Å². The van der Waals surface area contributed by atoms with Crippen molar-refractivity contribution in [3.63, 3.8) is 0 Å². The van der Waals surface area contributed by atoms with Gasteiger partial charge in [-0.15, -0.1) is 0 Å². The molecule has 1 aliphatic rings. The van der Waals surface area contributed by atoms with Gasteiger partial charge in [-0.2, -0.15) is 0 Å². The number of likely N-dealkylation sites (tertiary alicyclic amines) is 1. The number of nitrogens with zero attached hydrogens (tertiary/aromatic N) is 1. The van der Waals surface area contributed by atoms with Crippen LogP contribution >= 0.6 is 11.6 Å². The molecule has 0 radical (unpaired) electrons. The third kappa shape index (κ3) is 5.33. The summed E-state index contributed by atoms with van der Waals surface area (Å²) >= 11 is 6.14. The molecule has 2 aromatic rings. The zero-order chi connectivity index (χ0) is 19.9. The van der Waals surface area contributed by atoms with Crippen LogP contribution < -0.4 is 10.6 Å². The molecule has 1 atom stereocenters. The number of halogens is 1. The van der Waals surface area contributed by atoms with Crippen LogP contribution in [0.5, 0.6) is 0 Å². The van der Waals surface area contributed by atoms with E-state index in [0.29, 0.717) is 17.1 Å². The Morgan fingerprint density at radius 3 is 2.39 bits per heavy atom. The van der Waals surface area contributed by atoms with E-state index in [1.54, 1.807) is 0 Å². The van der Waals surface area contributed by atoms with Crippen molar-refractivity contribution in [2.45, 2.75) is 38.4 Å². The molecule has 2 N–H and O–H groups in total. The first kappa shape index (κ1) is 20.4. The maximum atomic E-state index is 12.5. The van der Waals surface area contributed by atoms with Gasteiger partial charge in [-0.05, 0) is 43.5 Å². The van der Waals surface area contributed by atoms with Gasteiger partial charge in [0.1, 0.15) is 0 Å². The molecule has 1 saturated heterocycles. The Morgan fingerprint density at radius 2 is 1.71 bits per heavy atom. The van der Waals surface area contributed by atoms with E-state index in [1.807, 2.05) is 61.5 Å². The number of hydrogen-bond acceptors (Lipinski definition) is 3. The molecule has 148 valence electrons. The summed E-state index contributed by atoms with van der Waals surface area (Å²) in [6, 6.07) is 16.7. The highest BCUT2D eigenvalue weighted by Gasteiger charge is 2.27. The summed E-state index contributed by atoms with van der Waals surface area (Å²) < 4.78 is 0. The lowest BCUT2D eigenvalue weighted by molar-refractivity contribution is -0.126. The maximum Gasteiger partial charge on any atom is 0.251 e. The topological polar surface area (TPSA) is 61.4 Å². The highest BCUT2D eigenvalue weighted by molar-refractivity contribution is 6.31. The maximum absolute atomic E-state index is 12.5. The Bertz CT molecular complexity index is 804. The number of benzene rings is 2. The van der Waals surface area contributed by atoms with Gasteiger partial charge in [-0.25, -0.2) is 0 Å². The second-order valence-electron chi connectivity index (χ2n) is 7.13. The van der Waals surface area contributed by atoms with Gasteiger partial charge in [0.25, 0.3) is 5.91 Å². The number of hydrogen-bond donors (Lipinski definition) is 2. The number of amides is 2. The minimum absolute atomic E-state index is 0.00769.